The molecule has 0 radical (unpaired) electrons. The van der Waals surface area contributed by atoms with Gasteiger partial charge in [0.25, 0.3) is 5.91 Å². The number of amides is 1. The molecule has 6 heteroatoms. The monoisotopic (exact) mass is 398 g/mol. The fourth-order valence-electron chi connectivity index (χ4n) is 2.85. The summed E-state index contributed by atoms with van der Waals surface area (Å²) in [4.78, 5) is 17.3. The van der Waals surface area contributed by atoms with Gasteiger partial charge in [0.2, 0.25) is 0 Å². The third kappa shape index (κ3) is 4.43. The summed E-state index contributed by atoms with van der Waals surface area (Å²) in [5.41, 5.74) is 2.22. The number of pyridine rings is 1. The van der Waals surface area contributed by atoms with Crippen molar-refractivity contribution in [2.45, 2.75) is 30.0 Å². The minimum atomic E-state index is -0.635. The lowest BCUT2D eigenvalue weighted by Crippen LogP contribution is -2.25. The lowest BCUT2D eigenvalue weighted by atomic mass is 10.1. The maximum absolute atomic E-state index is 12.6. The molecule has 2 N–H and O–H groups in total. The Bertz CT molecular complexity index is 974. The summed E-state index contributed by atoms with van der Waals surface area (Å²) < 4.78 is 0. The van der Waals surface area contributed by atoms with Crippen LogP contribution in [0.2, 0.25) is 5.02 Å². The first-order chi connectivity index (χ1) is 13.1. The van der Waals surface area contributed by atoms with Crippen molar-refractivity contribution in [3.8, 4) is 0 Å². The number of fused-ring (bicyclic) bond motifs is 1. The van der Waals surface area contributed by atoms with E-state index in [4.69, 9.17) is 11.6 Å². The fourth-order valence-corrected chi connectivity index (χ4v) is 3.86. The largest absolute Gasteiger partial charge is 0.388 e. The number of aliphatic hydroxyl groups excluding tert-OH is 1. The Balaban J connectivity index is 1.55. The van der Waals surface area contributed by atoms with E-state index in [9.17, 15) is 9.90 Å². The van der Waals surface area contributed by atoms with E-state index >= 15 is 0 Å². The zero-order valence-corrected chi connectivity index (χ0v) is 16.1. The molecule has 1 fully saturated rings. The summed E-state index contributed by atoms with van der Waals surface area (Å²) in [5.74, 6) is 0.382. The second-order valence-electron chi connectivity index (χ2n) is 6.65. The zero-order chi connectivity index (χ0) is 18.8. The highest BCUT2D eigenvalue weighted by atomic mass is 35.5. The van der Waals surface area contributed by atoms with E-state index in [0.29, 0.717) is 22.4 Å². The molecule has 1 amide bonds. The minimum Gasteiger partial charge on any atom is -0.388 e. The molecule has 0 saturated heterocycles. The van der Waals surface area contributed by atoms with Gasteiger partial charge in [0.05, 0.1) is 22.2 Å². The van der Waals surface area contributed by atoms with Crippen LogP contribution in [0.4, 0.5) is 0 Å². The first-order valence-electron chi connectivity index (χ1n) is 8.87. The van der Waals surface area contributed by atoms with Gasteiger partial charge in [-0.1, -0.05) is 41.9 Å². The SMILES string of the molecule is O=C(NC1CC1)c1cc(SCC(O)c2ccc(Cl)cc2)nc2ccccc12. The Kier molecular flexibility index (Phi) is 5.34. The van der Waals surface area contributed by atoms with Gasteiger partial charge >= 0.3 is 0 Å². The van der Waals surface area contributed by atoms with E-state index in [0.717, 1.165) is 34.3 Å². The minimum absolute atomic E-state index is 0.0591. The quantitative estimate of drug-likeness (QED) is 0.595. The van der Waals surface area contributed by atoms with E-state index < -0.39 is 6.10 Å². The molecule has 2 aromatic carbocycles. The maximum Gasteiger partial charge on any atom is 0.252 e. The number of hydrogen-bond acceptors (Lipinski definition) is 4. The Morgan fingerprint density at radius 2 is 1.96 bits per heavy atom. The molecule has 1 unspecified atom stereocenters. The Labute approximate surface area is 167 Å². The maximum atomic E-state index is 12.6. The van der Waals surface area contributed by atoms with Gasteiger partial charge in [-0.15, -0.1) is 11.8 Å². The van der Waals surface area contributed by atoms with Gasteiger partial charge in [-0.2, -0.15) is 0 Å². The van der Waals surface area contributed by atoms with Crippen molar-refractivity contribution in [3.05, 3.63) is 70.7 Å². The zero-order valence-electron chi connectivity index (χ0n) is 14.6. The summed E-state index contributed by atoms with van der Waals surface area (Å²) in [6.45, 7) is 0. The summed E-state index contributed by atoms with van der Waals surface area (Å²) in [7, 11) is 0. The third-order valence-corrected chi connectivity index (χ3v) is 5.73. The molecule has 1 atom stereocenters. The fraction of sp³-hybridized carbons (Fsp3) is 0.238. The molecule has 0 spiro atoms. The van der Waals surface area contributed by atoms with Crippen molar-refractivity contribution < 1.29 is 9.90 Å². The second-order valence-corrected chi connectivity index (χ2v) is 8.13. The average Bonchev–Trinajstić information content (AvgIpc) is 3.50. The Morgan fingerprint density at radius 3 is 2.70 bits per heavy atom. The predicted octanol–water partition coefficient (Wildman–Crippen LogP) is 4.61. The summed E-state index contributed by atoms with van der Waals surface area (Å²) >= 11 is 7.33. The van der Waals surface area contributed by atoms with E-state index in [2.05, 4.69) is 10.3 Å². The first-order valence-corrected chi connectivity index (χ1v) is 10.2. The molecule has 4 nitrogen and oxygen atoms in total. The molecule has 1 aliphatic rings. The molecular weight excluding hydrogens is 380 g/mol. The molecule has 0 aliphatic heterocycles. The van der Waals surface area contributed by atoms with Gasteiger partial charge in [-0.25, -0.2) is 4.98 Å². The number of nitrogens with zero attached hydrogens (tertiary/aromatic N) is 1. The van der Waals surface area contributed by atoms with Crippen LogP contribution < -0.4 is 5.32 Å². The summed E-state index contributed by atoms with van der Waals surface area (Å²) in [6.07, 6.45) is 1.46. The van der Waals surface area contributed by atoms with E-state index in [1.807, 2.05) is 42.5 Å². The molecule has 27 heavy (non-hydrogen) atoms. The molecule has 4 rings (SSSR count). The first kappa shape index (κ1) is 18.3. The van der Waals surface area contributed by atoms with Gasteiger partial charge in [0.1, 0.15) is 0 Å². The van der Waals surface area contributed by atoms with Crippen molar-refractivity contribution in [2.75, 3.05) is 5.75 Å². The molecule has 1 heterocycles. The van der Waals surface area contributed by atoms with Crippen molar-refractivity contribution >= 4 is 40.2 Å². The van der Waals surface area contributed by atoms with Crippen LogP contribution in [0.15, 0.2) is 59.6 Å². The highest BCUT2D eigenvalue weighted by Gasteiger charge is 2.25. The number of aromatic nitrogens is 1. The Morgan fingerprint density at radius 1 is 1.22 bits per heavy atom. The number of thioether (sulfide) groups is 1. The topological polar surface area (TPSA) is 62.2 Å². The lowest BCUT2D eigenvalue weighted by molar-refractivity contribution is 0.0952. The Hall–Kier alpha value is -2.08. The van der Waals surface area contributed by atoms with Crippen molar-refractivity contribution in [3.63, 3.8) is 0 Å². The van der Waals surface area contributed by atoms with Crippen LogP contribution in [0.1, 0.15) is 34.9 Å². The molecular formula is C21H19ClN2O2S. The van der Waals surface area contributed by atoms with Crippen LogP contribution in [-0.2, 0) is 0 Å². The van der Waals surface area contributed by atoms with Crippen molar-refractivity contribution in [1.29, 1.82) is 0 Å². The van der Waals surface area contributed by atoms with Crippen LogP contribution in [0, 0.1) is 0 Å². The highest BCUT2D eigenvalue weighted by molar-refractivity contribution is 7.99. The normalized spacial score (nSPS) is 14.9. The highest BCUT2D eigenvalue weighted by Crippen LogP contribution is 2.29. The van der Waals surface area contributed by atoms with Crippen LogP contribution in [0.5, 0.6) is 0 Å². The summed E-state index contributed by atoms with van der Waals surface area (Å²) in [5, 5.41) is 15.7. The molecule has 1 saturated carbocycles. The molecule has 3 aromatic rings. The van der Waals surface area contributed by atoms with E-state index in [1.165, 1.54) is 11.8 Å². The number of nitrogens with one attached hydrogen (secondary N) is 1. The van der Waals surface area contributed by atoms with E-state index in [-0.39, 0.29) is 5.91 Å². The lowest BCUT2D eigenvalue weighted by Gasteiger charge is -2.12. The van der Waals surface area contributed by atoms with Gasteiger partial charge in [0.15, 0.2) is 0 Å². The van der Waals surface area contributed by atoms with Crippen LogP contribution >= 0.6 is 23.4 Å². The number of carbonyl (C=O) groups is 1. The number of carbonyl (C=O) groups excluding carboxylic acids is 1. The summed E-state index contributed by atoms with van der Waals surface area (Å²) in [6, 6.07) is 16.9. The smallest absolute Gasteiger partial charge is 0.252 e. The van der Waals surface area contributed by atoms with Crippen LogP contribution in [-0.4, -0.2) is 27.8 Å². The number of para-hydroxylation sites is 1. The van der Waals surface area contributed by atoms with Crippen molar-refractivity contribution in [2.24, 2.45) is 0 Å². The molecule has 1 aliphatic carbocycles. The van der Waals surface area contributed by atoms with Crippen molar-refractivity contribution in [1.82, 2.24) is 10.3 Å². The molecule has 138 valence electrons. The second kappa shape index (κ2) is 7.89. The standard InChI is InChI=1S/C21H19ClN2O2S/c22-14-7-5-13(6-8-14)19(25)12-27-20-11-17(21(26)23-15-9-10-15)16-3-1-2-4-18(16)24-20/h1-8,11,15,19,25H,9-10,12H2,(H,23,26). The molecule has 0 bridgehead atoms. The van der Waals surface area contributed by atoms with Gasteiger partial charge in [-0.3, -0.25) is 4.79 Å². The number of benzene rings is 2. The van der Waals surface area contributed by atoms with E-state index in [1.54, 1.807) is 12.1 Å². The van der Waals surface area contributed by atoms with Gasteiger partial charge in [0, 0.05) is 22.2 Å². The van der Waals surface area contributed by atoms with Crippen LogP contribution in [0.3, 0.4) is 0 Å². The number of hydrogen-bond donors (Lipinski definition) is 2. The predicted molar refractivity (Wildman–Crippen MR) is 109 cm³/mol. The number of halogens is 1. The van der Waals surface area contributed by atoms with Gasteiger partial charge in [-0.05, 0) is 42.7 Å². The van der Waals surface area contributed by atoms with Gasteiger partial charge < -0.3 is 10.4 Å². The third-order valence-electron chi connectivity index (χ3n) is 4.49. The number of aliphatic hydroxyl groups is 1. The average molecular weight is 399 g/mol. The molecule has 1 aromatic heterocycles. The van der Waals surface area contributed by atoms with Crippen LogP contribution in [0.25, 0.3) is 10.9 Å². The number of rotatable bonds is 6.